The molecule has 2 unspecified atom stereocenters. The maximum absolute atomic E-state index is 11.5. The van der Waals surface area contributed by atoms with Crippen LogP contribution in [0.4, 0.5) is 4.79 Å². The molecule has 106 valence electrons. The summed E-state index contributed by atoms with van der Waals surface area (Å²) in [5, 5.41) is 6.10. The number of rotatable bonds is 5. The molecule has 1 heterocycles. The SMILES string of the molecule is CC(CNCC1CCCO1)NC(=O)OC(C)(C)C. The Morgan fingerprint density at radius 1 is 1.50 bits per heavy atom. The summed E-state index contributed by atoms with van der Waals surface area (Å²) in [4.78, 5) is 11.5. The molecule has 5 heteroatoms. The standard InChI is InChI=1S/C13H26N2O3/c1-10(15-12(16)18-13(2,3)4)8-14-9-11-6-5-7-17-11/h10-11,14H,5-9H2,1-4H3,(H,15,16). The zero-order valence-electron chi connectivity index (χ0n) is 11.9. The van der Waals surface area contributed by atoms with Gasteiger partial charge < -0.3 is 20.1 Å². The van der Waals surface area contributed by atoms with E-state index in [1.54, 1.807) is 0 Å². The molecule has 2 atom stereocenters. The van der Waals surface area contributed by atoms with Crippen LogP contribution in [0.5, 0.6) is 0 Å². The number of carbonyl (C=O) groups excluding carboxylic acids is 1. The van der Waals surface area contributed by atoms with Crippen molar-refractivity contribution in [2.75, 3.05) is 19.7 Å². The third kappa shape index (κ3) is 6.81. The Hall–Kier alpha value is -0.810. The summed E-state index contributed by atoms with van der Waals surface area (Å²) in [5.41, 5.74) is -0.449. The van der Waals surface area contributed by atoms with Gasteiger partial charge >= 0.3 is 6.09 Å². The van der Waals surface area contributed by atoms with Crippen molar-refractivity contribution in [3.05, 3.63) is 0 Å². The van der Waals surface area contributed by atoms with Gasteiger partial charge in [0.25, 0.3) is 0 Å². The molecule has 1 aliphatic heterocycles. The molecule has 0 aromatic rings. The fraction of sp³-hybridized carbons (Fsp3) is 0.923. The first-order valence-electron chi connectivity index (χ1n) is 6.68. The molecule has 1 aliphatic rings. The largest absolute Gasteiger partial charge is 0.444 e. The smallest absolute Gasteiger partial charge is 0.407 e. The zero-order chi connectivity index (χ0) is 13.6. The minimum Gasteiger partial charge on any atom is -0.444 e. The maximum Gasteiger partial charge on any atom is 0.407 e. The van der Waals surface area contributed by atoms with Crippen LogP contribution in [0.25, 0.3) is 0 Å². The van der Waals surface area contributed by atoms with Crippen LogP contribution in [0, 0.1) is 0 Å². The zero-order valence-corrected chi connectivity index (χ0v) is 11.9. The van der Waals surface area contributed by atoms with E-state index in [-0.39, 0.29) is 12.1 Å². The second-order valence-corrected chi connectivity index (χ2v) is 5.84. The van der Waals surface area contributed by atoms with E-state index in [0.717, 1.165) is 32.5 Å². The Morgan fingerprint density at radius 3 is 2.78 bits per heavy atom. The fourth-order valence-electron chi connectivity index (χ4n) is 1.83. The van der Waals surface area contributed by atoms with Crippen LogP contribution in [-0.2, 0) is 9.47 Å². The van der Waals surface area contributed by atoms with E-state index >= 15 is 0 Å². The van der Waals surface area contributed by atoms with Crippen molar-refractivity contribution >= 4 is 6.09 Å². The van der Waals surface area contributed by atoms with Crippen LogP contribution >= 0.6 is 0 Å². The highest BCUT2D eigenvalue weighted by atomic mass is 16.6. The second kappa shape index (κ2) is 6.95. The van der Waals surface area contributed by atoms with Crippen molar-refractivity contribution in [1.29, 1.82) is 0 Å². The number of hydrogen-bond acceptors (Lipinski definition) is 4. The van der Waals surface area contributed by atoms with Crippen LogP contribution in [0.2, 0.25) is 0 Å². The number of hydrogen-bond donors (Lipinski definition) is 2. The van der Waals surface area contributed by atoms with Gasteiger partial charge in [-0.15, -0.1) is 0 Å². The lowest BCUT2D eigenvalue weighted by atomic mass is 10.2. The number of ether oxygens (including phenoxy) is 2. The summed E-state index contributed by atoms with van der Waals surface area (Å²) in [6.45, 7) is 9.96. The number of nitrogens with one attached hydrogen (secondary N) is 2. The highest BCUT2D eigenvalue weighted by Gasteiger charge is 2.18. The van der Waals surface area contributed by atoms with Crippen LogP contribution in [0.1, 0.15) is 40.5 Å². The average molecular weight is 258 g/mol. The van der Waals surface area contributed by atoms with Crippen LogP contribution in [-0.4, -0.2) is 43.5 Å². The van der Waals surface area contributed by atoms with Crippen LogP contribution in [0.3, 0.4) is 0 Å². The molecule has 0 radical (unpaired) electrons. The Balaban J connectivity index is 2.09. The molecule has 18 heavy (non-hydrogen) atoms. The van der Waals surface area contributed by atoms with Crippen molar-refractivity contribution < 1.29 is 14.3 Å². The molecule has 0 aromatic carbocycles. The van der Waals surface area contributed by atoms with E-state index in [1.807, 2.05) is 27.7 Å². The first-order valence-corrected chi connectivity index (χ1v) is 6.68. The molecule has 0 spiro atoms. The molecule has 1 amide bonds. The first-order chi connectivity index (χ1) is 8.37. The average Bonchev–Trinajstić information content (AvgIpc) is 2.66. The summed E-state index contributed by atoms with van der Waals surface area (Å²) in [5.74, 6) is 0. The Bertz CT molecular complexity index is 257. The molecule has 1 rings (SSSR count). The minimum absolute atomic E-state index is 0.0428. The number of amides is 1. The number of alkyl carbamates (subject to hydrolysis) is 1. The molecule has 5 nitrogen and oxygen atoms in total. The molecule has 0 aromatic heterocycles. The predicted molar refractivity (Wildman–Crippen MR) is 70.7 cm³/mol. The second-order valence-electron chi connectivity index (χ2n) is 5.84. The monoisotopic (exact) mass is 258 g/mol. The summed E-state index contributed by atoms with van der Waals surface area (Å²) < 4.78 is 10.7. The Morgan fingerprint density at radius 2 is 2.22 bits per heavy atom. The third-order valence-electron chi connectivity index (χ3n) is 2.61. The quantitative estimate of drug-likeness (QED) is 0.787. The summed E-state index contributed by atoms with van der Waals surface area (Å²) in [7, 11) is 0. The van der Waals surface area contributed by atoms with E-state index in [0.29, 0.717) is 6.10 Å². The Labute approximate surface area is 110 Å². The third-order valence-corrected chi connectivity index (χ3v) is 2.61. The van der Waals surface area contributed by atoms with Gasteiger partial charge in [0.15, 0.2) is 0 Å². The normalized spacial score (nSPS) is 21.7. The van der Waals surface area contributed by atoms with Crippen molar-refractivity contribution in [3.63, 3.8) is 0 Å². The molecular weight excluding hydrogens is 232 g/mol. The minimum atomic E-state index is -0.449. The molecule has 1 fully saturated rings. The van der Waals surface area contributed by atoms with Gasteiger partial charge in [-0.05, 0) is 40.5 Å². The molecular formula is C13H26N2O3. The van der Waals surface area contributed by atoms with Crippen molar-refractivity contribution in [1.82, 2.24) is 10.6 Å². The molecule has 1 saturated heterocycles. The highest BCUT2D eigenvalue weighted by Crippen LogP contribution is 2.10. The van der Waals surface area contributed by atoms with Gasteiger partial charge in [0.2, 0.25) is 0 Å². The summed E-state index contributed by atoms with van der Waals surface area (Å²) in [6, 6.07) is 0.0428. The van der Waals surface area contributed by atoms with Crippen LogP contribution < -0.4 is 10.6 Å². The lowest BCUT2D eigenvalue weighted by Crippen LogP contribution is -2.43. The first kappa shape index (κ1) is 15.2. The molecule has 2 N–H and O–H groups in total. The highest BCUT2D eigenvalue weighted by molar-refractivity contribution is 5.68. The van der Waals surface area contributed by atoms with Crippen molar-refractivity contribution in [2.45, 2.75) is 58.3 Å². The van der Waals surface area contributed by atoms with Gasteiger partial charge in [-0.2, -0.15) is 0 Å². The van der Waals surface area contributed by atoms with Gasteiger partial charge in [-0.1, -0.05) is 0 Å². The van der Waals surface area contributed by atoms with Gasteiger partial charge in [0.05, 0.1) is 6.10 Å². The van der Waals surface area contributed by atoms with Crippen molar-refractivity contribution in [2.24, 2.45) is 0 Å². The van der Waals surface area contributed by atoms with Gasteiger partial charge in [-0.25, -0.2) is 4.79 Å². The van der Waals surface area contributed by atoms with Gasteiger partial charge in [-0.3, -0.25) is 0 Å². The van der Waals surface area contributed by atoms with Gasteiger partial charge in [0.1, 0.15) is 5.60 Å². The van der Waals surface area contributed by atoms with Crippen LogP contribution in [0.15, 0.2) is 0 Å². The maximum atomic E-state index is 11.5. The fourth-order valence-corrected chi connectivity index (χ4v) is 1.83. The van der Waals surface area contributed by atoms with E-state index in [1.165, 1.54) is 0 Å². The molecule has 0 saturated carbocycles. The molecule has 0 aliphatic carbocycles. The summed E-state index contributed by atoms with van der Waals surface area (Å²) >= 11 is 0. The van der Waals surface area contributed by atoms with E-state index in [9.17, 15) is 4.79 Å². The lowest BCUT2D eigenvalue weighted by Gasteiger charge is -2.22. The Kier molecular flexibility index (Phi) is 5.88. The lowest BCUT2D eigenvalue weighted by molar-refractivity contribution is 0.0507. The topological polar surface area (TPSA) is 59.6 Å². The van der Waals surface area contributed by atoms with E-state index < -0.39 is 5.60 Å². The van der Waals surface area contributed by atoms with E-state index in [4.69, 9.17) is 9.47 Å². The van der Waals surface area contributed by atoms with Gasteiger partial charge in [0, 0.05) is 25.7 Å². The van der Waals surface area contributed by atoms with Crippen molar-refractivity contribution in [3.8, 4) is 0 Å². The molecule has 0 bridgehead atoms. The summed E-state index contributed by atoms with van der Waals surface area (Å²) in [6.07, 6.45) is 2.24. The predicted octanol–water partition coefficient (Wildman–Crippen LogP) is 1.67. The number of carbonyl (C=O) groups is 1. The van der Waals surface area contributed by atoms with E-state index in [2.05, 4.69) is 10.6 Å².